The molecule has 0 aliphatic heterocycles. The monoisotopic (exact) mass is 402 g/mol. The van der Waals surface area contributed by atoms with Gasteiger partial charge in [-0.2, -0.15) is 16.8 Å². The van der Waals surface area contributed by atoms with E-state index in [2.05, 4.69) is 12.5 Å². The number of rotatable bonds is 4. The van der Waals surface area contributed by atoms with E-state index in [9.17, 15) is 26.4 Å². The summed E-state index contributed by atoms with van der Waals surface area (Å²) < 4.78 is 64.6. The van der Waals surface area contributed by atoms with Gasteiger partial charge in [0.05, 0.1) is 12.5 Å². The molecule has 0 aliphatic carbocycles. The van der Waals surface area contributed by atoms with Crippen molar-refractivity contribution in [3.8, 4) is 0 Å². The van der Waals surface area contributed by atoms with Crippen LogP contribution in [0.15, 0.2) is 45.6 Å². The Bertz CT molecular complexity index is 785. The second-order valence-corrected chi connectivity index (χ2v) is 5.74. The average molecular weight is 402 g/mol. The molecule has 2 heterocycles. The molecule has 2 aromatic heterocycles. The van der Waals surface area contributed by atoms with Crippen LogP contribution in [0, 0.1) is 0 Å². The Hall–Kier alpha value is -2.72. The second-order valence-electron chi connectivity index (χ2n) is 3.49. The van der Waals surface area contributed by atoms with E-state index < -0.39 is 32.7 Å². The maximum atomic E-state index is 9.97. The summed E-state index contributed by atoms with van der Waals surface area (Å²) in [5.74, 6) is -2.11. The summed E-state index contributed by atoms with van der Waals surface area (Å²) in [6.45, 7) is 0. The van der Waals surface area contributed by atoms with Crippen LogP contribution in [0.5, 0.6) is 0 Å². The van der Waals surface area contributed by atoms with Gasteiger partial charge in [-0.3, -0.25) is 9.11 Å². The lowest BCUT2D eigenvalue weighted by Crippen LogP contribution is -2.10. The van der Waals surface area contributed by atoms with Gasteiger partial charge >= 0.3 is 32.7 Å². The van der Waals surface area contributed by atoms with Gasteiger partial charge in [0.25, 0.3) is 0 Å². The highest BCUT2D eigenvalue weighted by Gasteiger charge is 2.15. The van der Waals surface area contributed by atoms with Gasteiger partial charge in [0, 0.05) is 0 Å². The minimum absolute atomic E-state index is 0.0231. The first-order valence-corrected chi connectivity index (χ1v) is 8.24. The van der Waals surface area contributed by atoms with Gasteiger partial charge in [-0.05, 0) is 24.3 Å². The van der Waals surface area contributed by atoms with Crippen LogP contribution in [-0.2, 0) is 24.4 Å². The van der Waals surface area contributed by atoms with Crippen LogP contribution in [0.4, 0.5) is 0 Å². The summed E-state index contributed by atoms with van der Waals surface area (Å²) in [7, 11) is -10.2. The second kappa shape index (κ2) is 9.55. The standard InChI is InChI=1S/2C5H4O3.H2O7S2/c2*6-5(7)4-2-1-3-8-4;1-8(2,3)7-9(4,5)6/h2*1-3H,(H,6,7);(H,1,2,3)(H,4,5,6). The Labute approximate surface area is 140 Å². The van der Waals surface area contributed by atoms with Gasteiger partial charge in [0.1, 0.15) is 0 Å². The number of hydrogen-bond donors (Lipinski definition) is 4. The maximum Gasteiger partial charge on any atom is 0.413 e. The molecule has 25 heavy (non-hydrogen) atoms. The minimum atomic E-state index is -5.12. The van der Waals surface area contributed by atoms with Gasteiger partial charge in [0.2, 0.25) is 11.5 Å². The molecule has 140 valence electrons. The van der Waals surface area contributed by atoms with E-state index in [1.807, 2.05) is 0 Å². The quantitative estimate of drug-likeness (QED) is 0.514. The Morgan fingerprint density at radius 2 is 1.12 bits per heavy atom. The molecule has 2 aromatic rings. The zero-order valence-corrected chi connectivity index (χ0v) is 13.4. The molecule has 2 rings (SSSR count). The molecule has 0 bridgehead atoms. The van der Waals surface area contributed by atoms with Gasteiger partial charge in [-0.25, -0.2) is 9.59 Å². The first-order chi connectivity index (χ1) is 11.3. The van der Waals surface area contributed by atoms with Gasteiger partial charge in [-0.15, -0.1) is 3.63 Å². The van der Waals surface area contributed by atoms with Crippen molar-refractivity contribution in [2.45, 2.75) is 0 Å². The smallest absolute Gasteiger partial charge is 0.413 e. The fourth-order valence-corrected chi connectivity index (χ4v) is 1.78. The molecule has 0 amide bonds. The van der Waals surface area contributed by atoms with Gasteiger partial charge < -0.3 is 19.0 Å². The van der Waals surface area contributed by atoms with Crippen molar-refractivity contribution in [1.82, 2.24) is 0 Å². The number of hydrogen-bond acceptors (Lipinski definition) is 9. The van der Waals surface area contributed by atoms with E-state index in [0.717, 1.165) is 0 Å². The summed E-state index contributed by atoms with van der Waals surface area (Å²) in [5.41, 5.74) is 0. The summed E-state index contributed by atoms with van der Waals surface area (Å²) in [6, 6.07) is 5.84. The van der Waals surface area contributed by atoms with Gasteiger partial charge in [-0.1, -0.05) is 0 Å². The number of carboxylic acid groups (broad SMARTS) is 2. The third-order valence-corrected chi connectivity index (χ3v) is 3.01. The van der Waals surface area contributed by atoms with Crippen molar-refractivity contribution in [2.75, 3.05) is 0 Å². The molecule has 0 saturated carbocycles. The Morgan fingerprint density at radius 3 is 1.20 bits per heavy atom. The van der Waals surface area contributed by atoms with Crippen LogP contribution in [0.2, 0.25) is 0 Å². The number of carbonyl (C=O) groups is 2. The summed E-state index contributed by atoms with van der Waals surface area (Å²) >= 11 is 0. The highest BCUT2D eigenvalue weighted by Crippen LogP contribution is 1.98. The number of aromatic carboxylic acids is 2. The van der Waals surface area contributed by atoms with Crippen LogP contribution in [-0.4, -0.2) is 48.1 Å². The predicted molar refractivity (Wildman–Crippen MR) is 75.5 cm³/mol. The van der Waals surface area contributed by atoms with Crippen molar-refractivity contribution < 1.29 is 58.2 Å². The van der Waals surface area contributed by atoms with Crippen LogP contribution >= 0.6 is 0 Å². The highest BCUT2D eigenvalue weighted by molar-refractivity contribution is 7.94. The lowest BCUT2D eigenvalue weighted by molar-refractivity contribution is 0.0652. The largest absolute Gasteiger partial charge is 0.475 e. The Morgan fingerprint density at radius 1 is 0.800 bits per heavy atom. The third-order valence-electron chi connectivity index (χ3n) is 1.64. The molecule has 0 aromatic carbocycles. The van der Waals surface area contributed by atoms with E-state index in [4.69, 9.17) is 19.3 Å². The molecule has 0 radical (unpaired) electrons. The topological polar surface area (TPSA) is 219 Å². The van der Waals surface area contributed by atoms with E-state index in [1.54, 1.807) is 0 Å². The Kier molecular flexibility index (Phi) is 8.51. The fourth-order valence-electron chi connectivity index (χ4n) is 0.909. The first-order valence-electron chi connectivity index (χ1n) is 5.51. The van der Waals surface area contributed by atoms with Crippen molar-refractivity contribution >= 4 is 32.7 Å². The summed E-state index contributed by atoms with van der Waals surface area (Å²) in [5, 5.41) is 16.4. The van der Waals surface area contributed by atoms with Gasteiger partial charge in [0.15, 0.2) is 0 Å². The number of furan rings is 2. The zero-order chi connectivity index (χ0) is 19.7. The van der Waals surface area contributed by atoms with Crippen LogP contribution in [0.3, 0.4) is 0 Å². The van der Waals surface area contributed by atoms with E-state index in [1.165, 1.54) is 36.8 Å². The highest BCUT2D eigenvalue weighted by atomic mass is 32.3. The molecular formula is C10H10O13S2. The average Bonchev–Trinajstić information content (AvgIpc) is 3.10. The molecule has 0 fully saturated rings. The molecule has 0 aliphatic rings. The number of carboxylic acids is 2. The van der Waals surface area contributed by atoms with E-state index >= 15 is 0 Å². The SMILES string of the molecule is O=C(O)c1ccco1.O=C(O)c1ccco1.O=S(=O)(O)OS(=O)(=O)O. The van der Waals surface area contributed by atoms with Crippen LogP contribution in [0.25, 0.3) is 0 Å². The lowest BCUT2D eigenvalue weighted by Gasteiger charge is -1.89. The van der Waals surface area contributed by atoms with E-state index in [0.29, 0.717) is 0 Å². The normalized spacial score (nSPS) is 10.6. The molecule has 0 unspecified atom stereocenters. The van der Waals surface area contributed by atoms with Crippen molar-refractivity contribution in [3.05, 3.63) is 48.3 Å². The zero-order valence-electron chi connectivity index (χ0n) is 11.7. The summed E-state index contributed by atoms with van der Waals surface area (Å²) in [6.07, 6.45) is 2.65. The molecule has 15 heteroatoms. The third kappa shape index (κ3) is 12.4. The van der Waals surface area contributed by atoms with Crippen LogP contribution < -0.4 is 0 Å². The minimum Gasteiger partial charge on any atom is -0.475 e. The van der Waals surface area contributed by atoms with Crippen LogP contribution in [0.1, 0.15) is 21.1 Å². The summed E-state index contributed by atoms with van der Waals surface area (Å²) in [4.78, 5) is 19.9. The predicted octanol–water partition coefficient (Wildman–Crippen LogP) is 0.564. The van der Waals surface area contributed by atoms with Crippen molar-refractivity contribution in [1.29, 1.82) is 0 Å². The fraction of sp³-hybridized carbons (Fsp3) is 0. The molecule has 13 nitrogen and oxygen atoms in total. The van der Waals surface area contributed by atoms with Crippen molar-refractivity contribution in [2.24, 2.45) is 0 Å². The first kappa shape index (κ1) is 22.3. The molecule has 0 atom stereocenters. The van der Waals surface area contributed by atoms with E-state index in [-0.39, 0.29) is 11.5 Å². The molecule has 0 saturated heterocycles. The van der Waals surface area contributed by atoms with Crippen molar-refractivity contribution in [3.63, 3.8) is 0 Å². The molecular weight excluding hydrogens is 392 g/mol. The molecule has 0 spiro atoms. The Balaban J connectivity index is 0.000000346. The lowest BCUT2D eigenvalue weighted by atomic mass is 10.5. The maximum absolute atomic E-state index is 9.97. The molecule has 4 N–H and O–H groups in total.